The van der Waals surface area contributed by atoms with E-state index in [1.54, 1.807) is 10.7 Å². The quantitative estimate of drug-likeness (QED) is 0.570. The Morgan fingerprint density at radius 2 is 2.09 bits per heavy atom. The highest BCUT2D eigenvalue weighted by Gasteiger charge is 2.26. The van der Waals surface area contributed by atoms with Gasteiger partial charge in [0.2, 0.25) is 0 Å². The SMILES string of the molecule is N#Cc1cnn2cc(-c3ccn4cc(C5CC5)nc4c3)cnc12. The number of fused-ring (bicyclic) bond motifs is 2. The van der Waals surface area contributed by atoms with Crippen molar-refractivity contribution in [1.29, 1.82) is 5.26 Å². The molecule has 0 aliphatic heterocycles. The summed E-state index contributed by atoms with van der Waals surface area (Å²) in [6, 6.07) is 6.20. The second-order valence-electron chi connectivity index (χ2n) is 5.90. The number of hydrogen-bond acceptors (Lipinski definition) is 4. The van der Waals surface area contributed by atoms with Crippen LogP contribution < -0.4 is 0 Å². The Morgan fingerprint density at radius 3 is 2.91 bits per heavy atom. The van der Waals surface area contributed by atoms with Crippen LogP contribution in [0.5, 0.6) is 0 Å². The van der Waals surface area contributed by atoms with Crippen LogP contribution in [-0.4, -0.2) is 24.0 Å². The van der Waals surface area contributed by atoms with E-state index >= 15 is 0 Å². The zero-order chi connectivity index (χ0) is 15.4. The molecule has 1 fully saturated rings. The minimum atomic E-state index is 0.481. The number of nitriles is 1. The fourth-order valence-corrected chi connectivity index (χ4v) is 2.86. The van der Waals surface area contributed by atoms with Crippen LogP contribution >= 0.6 is 0 Å². The van der Waals surface area contributed by atoms with E-state index < -0.39 is 0 Å². The van der Waals surface area contributed by atoms with Gasteiger partial charge in [-0.1, -0.05) is 0 Å². The van der Waals surface area contributed by atoms with Crippen molar-refractivity contribution in [2.75, 3.05) is 0 Å². The van der Waals surface area contributed by atoms with Gasteiger partial charge in [0.1, 0.15) is 17.3 Å². The first-order chi connectivity index (χ1) is 11.3. The van der Waals surface area contributed by atoms with E-state index in [1.807, 2.05) is 18.5 Å². The highest BCUT2D eigenvalue weighted by Crippen LogP contribution is 2.39. The summed E-state index contributed by atoms with van der Waals surface area (Å²) in [7, 11) is 0. The van der Waals surface area contributed by atoms with Crippen molar-refractivity contribution >= 4 is 11.3 Å². The van der Waals surface area contributed by atoms with Crippen molar-refractivity contribution in [1.82, 2.24) is 24.0 Å². The average molecular weight is 300 g/mol. The molecule has 0 atom stereocenters. The second-order valence-corrected chi connectivity index (χ2v) is 5.90. The van der Waals surface area contributed by atoms with Gasteiger partial charge in [-0.2, -0.15) is 10.4 Å². The molecule has 1 aliphatic carbocycles. The van der Waals surface area contributed by atoms with Crippen molar-refractivity contribution < 1.29 is 0 Å². The fraction of sp³-hybridized carbons (Fsp3) is 0.176. The molecular weight excluding hydrogens is 288 g/mol. The lowest BCUT2D eigenvalue weighted by Crippen LogP contribution is -1.93. The molecule has 0 N–H and O–H groups in total. The molecule has 1 saturated carbocycles. The largest absolute Gasteiger partial charge is 0.307 e. The van der Waals surface area contributed by atoms with Crippen LogP contribution in [0, 0.1) is 11.3 Å². The summed E-state index contributed by atoms with van der Waals surface area (Å²) in [5.41, 5.74) is 5.17. The molecule has 0 saturated heterocycles. The second kappa shape index (κ2) is 4.40. The van der Waals surface area contributed by atoms with Crippen LogP contribution in [0.4, 0.5) is 0 Å². The van der Waals surface area contributed by atoms with Gasteiger partial charge in [-0.05, 0) is 30.5 Å². The van der Waals surface area contributed by atoms with E-state index in [0.29, 0.717) is 17.1 Å². The summed E-state index contributed by atoms with van der Waals surface area (Å²) in [6.07, 6.45) is 11.8. The van der Waals surface area contributed by atoms with Crippen LogP contribution in [0.15, 0.2) is 43.1 Å². The van der Waals surface area contributed by atoms with Gasteiger partial charge in [-0.3, -0.25) is 0 Å². The van der Waals surface area contributed by atoms with Gasteiger partial charge in [0.25, 0.3) is 0 Å². The molecule has 5 rings (SSSR count). The fourth-order valence-electron chi connectivity index (χ4n) is 2.86. The van der Waals surface area contributed by atoms with Crippen LogP contribution in [0.3, 0.4) is 0 Å². The monoisotopic (exact) mass is 300 g/mol. The Labute approximate surface area is 131 Å². The van der Waals surface area contributed by atoms with Crippen LogP contribution in [0.25, 0.3) is 22.4 Å². The average Bonchev–Trinajstić information content (AvgIpc) is 3.21. The van der Waals surface area contributed by atoms with Crippen LogP contribution in [0.1, 0.15) is 30.0 Å². The van der Waals surface area contributed by atoms with E-state index in [4.69, 9.17) is 10.2 Å². The highest BCUT2D eigenvalue weighted by molar-refractivity contribution is 5.68. The zero-order valence-electron chi connectivity index (χ0n) is 12.2. The molecule has 23 heavy (non-hydrogen) atoms. The summed E-state index contributed by atoms with van der Waals surface area (Å²) < 4.78 is 3.70. The lowest BCUT2D eigenvalue weighted by atomic mass is 10.1. The lowest BCUT2D eigenvalue weighted by molar-refractivity contribution is 0.941. The smallest absolute Gasteiger partial charge is 0.172 e. The molecule has 0 radical (unpaired) electrons. The van der Waals surface area contributed by atoms with Gasteiger partial charge >= 0.3 is 0 Å². The first kappa shape index (κ1) is 12.4. The number of hydrogen-bond donors (Lipinski definition) is 0. The third-order valence-electron chi connectivity index (χ3n) is 4.28. The van der Waals surface area contributed by atoms with E-state index in [9.17, 15) is 0 Å². The molecule has 0 spiro atoms. The van der Waals surface area contributed by atoms with Gasteiger partial charge in [0.05, 0.1) is 11.9 Å². The minimum Gasteiger partial charge on any atom is -0.307 e. The molecule has 4 aromatic rings. The number of rotatable bonds is 2. The predicted octanol–water partition coefficient (Wildman–Crippen LogP) is 2.79. The Bertz CT molecular complexity index is 1090. The van der Waals surface area contributed by atoms with E-state index in [0.717, 1.165) is 16.8 Å². The Morgan fingerprint density at radius 1 is 1.17 bits per heavy atom. The summed E-state index contributed by atoms with van der Waals surface area (Å²) in [5.74, 6) is 0.643. The maximum Gasteiger partial charge on any atom is 0.172 e. The van der Waals surface area contributed by atoms with Crippen LogP contribution in [0.2, 0.25) is 0 Å². The maximum atomic E-state index is 9.03. The van der Waals surface area contributed by atoms with Gasteiger partial charge < -0.3 is 4.40 Å². The molecule has 6 nitrogen and oxygen atoms in total. The maximum absolute atomic E-state index is 9.03. The van der Waals surface area contributed by atoms with E-state index in [1.165, 1.54) is 24.7 Å². The summed E-state index contributed by atoms with van der Waals surface area (Å²) in [6.45, 7) is 0. The van der Waals surface area contributed by atoms with Crippen molar-refractivity contribution in [2.24, 2.45) is 0 Å². The molecule has 4 heterocycles. The molecule has 0 unspecified atom stereocenters. The summed E-state index contributed by atoms with van der Waals surface area (Å²) in [5, 5.41) is 13.2. The lowest BCUT2D eigenvalue weighted by Gasteiger charge is -2.03. The first-order valence-electron chi connectivity index (χ1n) is 7.54. The van der Waals surface area contributed by atoms with Crippen molar-refractivity contribution in [3.05, 3.63) is 54.4 Å². The molecule has 0 bridgehead atoms. The van der Waals surface area contributed by atoms with Gasteiger partial charge in [0, 0.05) is 36.3 Å². The molecule has 0 amide bonds. The summed E-state index contributed by atoms with van der Waals surface area (Å²) >= 11 is 0. The third kappa shape index (κ3) is 1.90. The normalized spacial score (nSPS) is 14.4. The summed E-state index contributed by atoms with van der Waals surface area (Å²) in [4.78, 5) is 9.08. The molecule has 6 heteroatoms. The first-order valence-corrected chi connectivity index (χ1v) is 7.54. The topological polar surface area (TPSA) is 71.3 Å². The Kier molecular flexibility index (Phi) is 2.36. The van der Waals surface area contributed by atoms with Crippen molar-refractivity contribution in [3.8, 4) is 17.2 Å². The number of pyridine rings is 1. The van der Waals surface area contributed by atoms with Crippen LogP contribution in [-0.2, 0) is 0 Å². The van der Waals surface area contributed by atoms with Gasteiger partial charge in [-0.25, -0.2) is 14.5 Å². The van der Waals surface area contributed by atoms with E-state index in [-0.39, 0.29) is 0 Å². The van der Waals surface area contributed by atoms with Gasteiger partial charge in [0.15, 0.2) is 5.65 Å². The van der Waals surface area contributed by atoms with Gasteiger partial charge in [-0.15, -0.1) is 0 Å². The number of aromatic nitrogens is 5. The Hall–Kier alpha value is -3.20. The predicted molar refractivity (Wildman–Crippen MR) is 83.9 cm³/mol. The molecule has 1 aliphatic rings. The Balaban J connectivity index is 1.62. The molecular formula is C17H12N6. The standard InChI is InChI=1S/C17H12N6/c18-6-13-8-20-23-9-14(7-19-17(13)23)12-3-4-22-10-15(11-1-2-11)21-16(22)5-12/h3-5,7-11H,1-2H2. The number of imidazole rings is 1. The minimum absolute atomic E-state index is 0.481. The van der Waals surface area contributed by atoms with Crippen molar-refractivity contribution in [3.63, 3.8) is 0 Å². The van der Waals surface area contributed by atoms with Crippen molar-refractivity contribution in [2.45, 2.75) is 18.8 Å². The molecule has 110 valence electrons. The highest BCUT2D eigenvalue weighted by atomic mass is 15.2. The third-order valence-corrected chi connectivity index (χ3v) is 4.28. The zero-order valence-corrected chi connectivity index (χ0v) is 12.2. The van der Waals surface area contributed by atoms with E-state index in [2.05, 4.69) is 32.8 Å². The molecule has 4 aromatic heterocycles. The number of nitrogens with zero attached hydrogens (tertiary/aromatic N) is 6. The molecule has 0 aromatic carbocycles.